The Morgan fingerprint density at radius 3 is 3.00 bits per heavy atom. The Morgan fingerprint density at radius 1 is 1.75 bits per heavy atom. The van der Waals surface area contributed by atoms with Gasteiger partial charge in [-0.2, -0.15) is 0 Å². The average molecular weight is 164 g/mol. The van der Waals surface area contributed by atoms with Crippen molar-refractivity contribution < 1.29 is 4.79 Å². The molecule has 64 valence electrons. The number of allylic oxidation sites excluding steroid dienone is 1. The van der Waals surface area contributed by atoms with Crippen molar-refractivity contribution in [2.75, 3.05) is 0 Å². The van der Waals surface area contributed by atoms with Gasteiger partial charge in [0, 0.05) is 6.42 Å². The number of hydrogen-bond acceptors (Lipinski definition) is 2. The van der Waals surface area contributed by atoms with Crippen molar-refractivity contribution in [3.05, 3.63) is 23.8 Å². The van der Waals surface area contributed by atoms with Crippen LogP contribution in [0.1, 0.15) is 25.4 Å². The van der Waals surface area contributed by atoms with E-state index in [9.17, 15) is 4.79 Å². The van der Waals surface area contributed by atoms with Crippen molar-refractivity contribution >= 4 is 11.9 Å². The summed E-state index contributed by atoms with van der Waals surface area (Å²) in [5.41, 5.74) is 0.877. The van der Waals surface area contributed by atoms with E-state index >= 15 is 0 Å². The van der Waals surface area contributed by atoms with E-state index in [0.29, 0.717) is 0 Å². The van der Waals surface area contributed by atoms with Gasteiger partial charge in [-0.1, -0.05) is 6.92 Å². The smallest absolute Gasteiger partial charge is 0.152 e. The molecule has 1 N–H and O–H groups in total. The number of carbonyl (C=O) groups excluding carboxylic acids is 1. The van der Waals surface area contributed by atoms with Crippen molar-refractivity contribution in [1.29, 1.82) is 0 Å². The standard InChI is InChI=1S/C9H12N2O/c1-3-9-10-6-8(11-9)5-4-7(2)12/h4-6H,3H2,1-2H3,(H,10,11). The summed E-state index contributed by atoms with van der Waals surface area (Å²) in [6.07, 6.45) is 5.85. The average Bonchev–Trinajstić information content (AvgIpc) is 2.48. The predicted octanol–water partition coefficient (Wildman–Crippen LogP) is 1.57. The minimum absolute atomic E-state index is 0.0441. The van der Waals surface area contributed by atoms with E-state index in [-0.39, 0.29) is 5.78 Å². The van der Waals surface area contributed by atoms with E-state index < -0.39 is 0 Å². The van der Waals surface area contributed by atoms with Gasteiger partial charge in [0.15, 0.2) is 5.78 Å². The van der Waals surface area contributed by atoms with Crippen LogP contribution < -0.4 is 0 Å². The van der Waals surface area contributed by atoms with Crippen LogP contribution in [-0.4, -0.2) is 15.8 Å². The molecule has 0 aliphatic heterocycles. The first-order chi connectivity index (χ1) is 5.72. The van der Waals surface area contributed by atoms with Gasteiger partial charge in [0.2, 0.25) is 0 Å². The highest BCUT2D eigenvalue weighted by Crippen LogP contribution is 1.99. The van der Waals surface area contributed by atoms with Crippen molar-refractivity contribution in [2.45, 2.75) is 20.3 Å². The molecule has 0 spiro atoms. The first-order valence-electron chi connectivity index (χ1n) is 3.95. The van der Waals surface area contributed by atoms with E-state index in [0.717, 1.165) is 17.9 Å². The third-order valence-corrected chi connectivity index (χ3v) is 1.48. The van der Waals surface area contributed by atoms with Crippen molar-refractivity contribution in [1.82, 2.24) is 9.97 Å². The number of hydrogen-bond donors (Lipinski definition) is 1. The number of ketones is 1. The van der Waals surface area contributed by atoms with Gasteiger partial charge in [-0.3, -0.25) is 4.79 Å². The molecular formula is C9H12N2O. The number of imidazole rings is 1. The quantitative estimate of drug-likeness (QED) is 0.689. The van der Waals surface area contributed by atoms with Gasteiger partial charge in [-0.05, 0) is 19.1 Å². The Bertz CT molecular complexity index is 299. The van der Waals surface area contributed by atoms with Crippen LogP contribution in [0, 0.1) is 0 Å². The van der Waals surface area contributed by atoms with Crippen molar-refractivity contribution in [3.63, 3.8) is 0 Å². The van der Waals surface area contributed by atoms with E-state index in [1.165, 1.54) is 13.0 Å². The predicted molar refractivity (Wildman–Crippen MR) is 47.7 cm³/mol. The molecule has 12 heavy (non-hydrogen) atoms. The second-order valence-corrected chi connectivity index (χ2v) is 2.58. The fraction of sp³-hybridized carbons (Fsp3) is 0.333. The largest absolute Gasteiger partial charge is 0.343 e. The molecule has 1 rings (SSSR count). The highest BCUT2D eigenvalue weighted by atomic mass is 16.1. The molecule has 0 radical (unpaired) electrons. The Balaban J connectivity index is 2.70. The van der Waals surface area contributed by atoms with Gasteiger partial charge >= 0.3 is 0 Å². The van der Waals surface area contributed by atoms with Crippen molar-refractivity contribution in [2.24, 2.45) is 0 Å². The molecule has 0 amide bonds. The van der Waals surface area contributed by atoms with E-state index in [1.807, 2.05) is 6.92 Å². The molecule has 1 aromatic heterocycles. The molecule has 0 aromatic carbocycles. The van der Waals surface area contributed by atoms with Gasteiger partial charge in [0.1, 0.15) is 5.82 Å². The van der Waals surface area contributed by atoms with Crippen LogP contribution in [0.15, 0.2) is 12.3 Å². The van der Waals surface area contributed by atoms with Gasteiger partial charge in [-0.15, -0.1) is 0 Å². The van der Waals surface area contributed by atoms with Gasteiger partial charge in [-0.25, -0.2) is 4.98 Å². The summed E-state index contributed by atoms with van der Waals surface area (Å²) < 4.78 is 0. The SMILES string of the molecule is CCc1ncc(C=CC(C)=O)[nH]1. The van der Waals surface area contributed by atoms with Crippen molar-refractivity contribution in [3.8, 4) is 0 Å². The minimum atomic E-state index is 0.0441. The highest BCUT2D eigenvalue weighted by molar-refractivity contribution is 5.91. The molecule has 0 saturated heterocycles. The summed E-state index contributed by atoms with van der Waals surface area (Å²) in [7, 11) is 0. The molecule has 0 unspecified atom stereocenters. The monoisotopic (exact) mass is 164 g/mol. The van der Waals surface area contributed by atoms with E-state index in [1.54, 1.807) is 12.3 Å². The summed E-state index contributed by atoms with van der Waals surface area (Å²) in [6.45, 7) is 3.55. The lowest BCUT2D eigenvalue weighted by Gasteiger charge is -1.84. The molecule has 0 atom stereocenters. The Hall–Kier alpha value is -1.38. The number of nitrogens with zero attached hydrogens (tertiary/aromatic N) is 1. The van der Waals surface area contributed by atoms with Gasteiger partial charge < -0.3 is 4.98 Å². The first-order valence-corrected chi connectivity index (χ1v) is 3.95. The lowest BCUT2D eigenvalue weighted by Crippen LogP contribution is -1.82. The van der Waals surface area contributed by atoms with Crippen LogP contribution in [0.5, 0.6) is 0 Å². The normalized spacial score (nSPS) is 10.8. The van der Waals surface area contributed by atoms with Gasteiger partial charge in [0.05, 0.1) is 11.9 Å². The number of rotatable bonds is 3. The fourth-order valence-electron chi connectivity index (χ4n) is 0.850. The molecule has 1 aromatic rings. The number of aryl methyl sites for hydroxylation is 1. The van der Waals surface area contributed by atoms with Crippen LogP contribution in [0.4, 0.5) is 0 Å². The van der Waals surface area contributed by atoms with Crippen LogP contribution in [0.3, 0.4) is 0 Å². The summed E-state index contributed by atoms with van der Waals surface area (Å²) in [4.78, 5) is 17.7. The number of nitrogens with one attached hydrogen (secondary N) is 1. The Morgan fingerprint density at radius 2 is 2.50 bits per heavy atom. The van der Waals surface area contributed by atoms with Crippen LogP contribution >= 0.6 is 0 Å². The summed E-state index contributed by atoms with van der Waals surface area (Å²) >= 11 is 0. The number of carbonyl (C=O) groups is 1. The topological polar surface area (TPSA) is 45.8 Å². The zero-order valence-corrected chi connectivity index (χ0v) is 7.29. The van der Waals surface area contributed by atoms with E-state index in [4.69, 9.17) is 0 Å². The third kappa shape index (κ3) is 2.34. The van der Waals surface area contributed by atoms with Crippen LogP contribution in [0.2, 0.25) is 0 Å². The molecule has 0 saturated carbocycles. The number of H-pyrrole nitrogens is 1. The lowest BCUT2D eigenvalue weighted by atomic mass is 10.3. The third-order valence-electron chi connectivity index (χ3n) is 1.48. The molecule has 1 heterocycles. The molecule has 0 aliphatic rings. The maximum absolute atomic E-state index is 10.6. The second kappa shape index (κ2) is 3.85. The molecule has 3 nitrogen and oxygen atoms in total. The Labute approximate surface area is 71.5 Å². The highest BCUT2D eigenvalue weighted by Gasteiger charge is 1.93. The molecule has 0 aliphatic carbocycles. The molecule has 0 fully saturated rings. The molecule has 0 bridgehead atoms. The Kier molecular flexibility index (Phi) is 2.80. The molecular weight excluding hydrogens is 152 g/mol. The lowest BCUT2D eigenvalue weighted by molar-refractivity contribution is -0.112. The second-order valence-electron chi connectivity index (χ2n) is 2.58. The zero-order valence-electron chi connectivity index (χ0n) is 7.29. The van der Waals surface area contributed by atoms with Crippen LogP contribution in [-0.2, 0) is 11.2 Å². The first kappa shape index (κ1) is 8.71. The molecule has 3 heteroatoms. The van der Waals surface area contributed by atoms with Gasteiger partial charge in [0.25, 0.3) is 0 Å². The maximum Gasteiger partial charge on any atom is 0.152 e. The summed E-state index contributed by atoms with van der Waals surface area (Å²) in [6, 6.07) is 0. The summed E-state index contributed by atoms with van der Waals surface area (Å²) in [5.74, 6) is 0.987. The fourth-order valence-corrected chi connectivity index (χ4v) is 0.850. The number of aromatic amines is 1. The minimum Gasteiger partial charge on any atom is -0.343 e. The zero-order chi connectivity index (χ0) is 8.97. The summed E-state index contributed by atoms with van der Waals surface area (Å²) in [5, 5.41) is 0. The van der Waals surface area contributed by atoms with Crippen LogP contribution in [0.25, 0.3) is 6.08 Å². The number of aromatic nitrogens is 2. The van der Waals surface area contributed by atoms with E-state index in [2.05, 4.69) is 9.97 Å². The maximum atomic E-state index is 10.6.